The van der Waals surface area contributed by atoms with Crippen LogP contribution in [-0.4, -0.2) is 13.3 Å². The Kier molecular flexibility index (Phi) is 8.10. The predicted octanol–water partition coefficient (Wildman–Crippen LogP) is 7.44. The normalized spacial score (nSPS) is 13.7. The fourth-order valence-corrected chi connectivity index (χ4v) is 6.56. The summed E-state index contributed by atoms with van der Waals surface area (Å²) in [5.74, 6) is 1.02. The maximum absolute atomic E-state index is 6.34. The Labute approximate surface area is 185 Å². The number of rotatable bonds is 9. The zero-order valence-corrected chi connectivity index (χ0v) is 20.8. The van der Waals surface area contributed by atoms with E-state index in [1.807, 2.05) is 6.07 Å². The molecule has 0 amide bonds. The Morgan fingerprint density at radius 1 is 0.900 bits per heavy atom. The summed E-state index contributed by atoms with van der Waals surface area (Å²) in [5, 5.41) is 1.61. The van der Waals surface area contributed by atoms with E-state index in [2.05, 4.69) is 101 Å². The van der Waals surface area contributed by atoms with Gasteiger partial charge < -0.3 is 4.74 Å². The average molecular weight is 437 g/mol. The second-order valence-corrected chi connectivity index (χ2v) is 12.8. The molecule has 0 saturated carbocycles. The summed E-state index contributed by atoms with van der Waals surface area (Å²) in [4.78, 5) is 0. The molecule has 0 heterocycles. The van der Waals surface area contributed by atoms with Crippen LogP contribution in [0.25, 0.3) is 0 Å². The van der Waals surface area contributed by atoms with Crippen LogP contribution in [0, 0.1) is 6.92 Å². The summed E-state index contributed by atoms with van der Waals surface area (Å²) in [6.45, 7) is 12.3. The summed E-state index contributed by atoms with van der Waals surface area (Å²) in [5.41, 5.74) is 5.48. The third kappa shape index (κ3) is 5.72. The highest BCUT2D eigenvalue weighted by molar-refractivity contribution is 7.55. The summed E-state index contributed by atoms with van der Waals surface area (Å²) in [7, 11) is 0.757. The van der Waals surface area contributed by atoms with Crippen molar-refractivity contribution in [3.63, 3.8) is 0 Å². The minimum absolute atomic E-state index is 0.0366. The third-order valence-corrected chi connectivity index (χ3v) is 8.79. The Morgan fingerprint density at radius 3 is 2.30 bits per heavy atom. The molecule has 0 N–H and O–H groups in total. The molecule has 0 bridgehead atoms. The Hall–Kier alpha value is -1.68. The van der Waals surface area contributed by atoms with E-state index in [0.29, 0.717) is 6.61 Å². The Balaban J connectivity index is 1.92. The standard InChI is InChI=1S/C27H34OP2/c1-6-27(3,29-26-21(2)13-12-16-23(26)20-30(4)5)24-17-10-11-18-25(24)28-19-22-14-8-7-9-15-22/h7-18,29H,6,19-20H2,1-5H3. The average Bonchev–Trinajstić information content (AvgIpc) is 2.75. The van der Waals surface area contributed by atoms with Gasteiger partial charge in [0.1, 0.15) is 12.4 Å². The molecule has 158 valence electrons. The first-order valence-electron chi connectivity index (χ1n) is 10.7. The van der Waals surface area contributed by atoms with E-state index in [1.165, 1.54) is 28.4 Å². The van der Waals surface area contributed by atoms with Gasteiger partial charge in [-0.15, -0.1) is 7.92 Å². The highest BCUT2D eigenvalue weighted by atomic mass is 31.1. The fourth-order valence-electron chi connectivity index (χ4n) is 3.79. The molecule has 1 nitrogen and oxygen atoms in total. The van der Waals surface area contributed by atoms with Crippen molar-refractivity contribution in [2.24, 2.45) is 0 Å². The van der Waals surface area contributed by atoms with Gasteiger partial charge in [-0.2, -0.15) is 0 Å². The molecule has 3 rings (SSSR count). The van der Waals surface area contributed by atoms with E-state index in [9.17, 15) is 0 Å². The largest absolute Gasteiger partial charge is 0.489 e. The van der Waals surface area contributed by atoms with Gasteiger partial charge in [0.05, 0.1) is 0 Å². The molecule has 2 unspecified atom stereocenters. The van der Waals surface area contributed by atoms with Crippen molar-refractivity contribution in [2.45, 2.75) is 45.1 Å². The maximum atomic E-state index is 6.34. The number of aryl methyl sites for hydroxylation is 1. The van der Waals surface area contributed by atoms with Gasteiger partial charge in [-0.1, -0.05) is 89.2 Å². The lowest BCUT2D eigenvalue weighted by atomic mass is 9.96. The molecule has 0 aromatic heterocycles. The van der Waals surface area contributed by atoms with Crippen LogP contribution in [0.5, 0.6) is 5.75 Å². The second kappa shape index (κ2) is 10.6. The van der Waals surface area contributed by atoms with Gasteiger partial charge in [-0.3, -0.25) is 0 Å². The monoisotopic (exact) mass is 436 g/mol. The lowest BCUT2D eigenvalue weighted by Gasteiger charge is -2.32. The summed E-state index contributed by atoms with van der Waals surface area (Å²) in [6, 6.07) is 25.9. The van der Waals surface area contributed by atoms with Gasteiger partial charge in [-0.05, 0) is 60.9 Å². The molecule has 0 saturated heterocycles. The molecular weight excluding hydrogens is 402 g/mol. The van der Waals surface area contributed by atoms with Crippen LogP contribution in [-0.2, 0) is 17.9 Å². The lowest BCUT2D eigenvalue weighted by molar-refractivity contribution is 0.300. The van der Waals surface area contributed by atoms with Crippen molar-refractivity contribution >= 4 is 21.8 Å². The van der Waals surface area contributed by atoms with Crippen molar-refractivity contribution in [3.05, 3.63) is 95.1 Å². The fraction of sp³-hybridized carbons (Fsp3) is 0.333. The van der Waals surface area contributed by atoms with Crippen molar-refractivity contribution in [1.82, 2.24) is 0 Å². The first kappa shape index (κ1) is 23.0. The van der Waals surface area contributed by atoms with Crippen molar-refractivity contribution in [2.75, 3.05) is 13.3 Å². The third-order valence-electron chi connectivity index (χ3n) is 5.67. The van der Waals surface area contributed by atoms with Crippen LogP contribution in [0.3, 0.4) is 0 Å². The van der Waals surface area contributed by atoms with E-state index in [0.717, 1.165) is 20.8 Å². The molecule has 0 spiro atoms. The quantitative estimate of drug-likeness (QED) is 0.317. The molecule has 3 aromatic rings. The van der Waals surface area contributed by atoms with Crippen molar-refractivity contribution in [3.8, 4) is 5.75 Å². The summed E-state index contributed by atoms with van der Waals surface area (Å²) >= 11 is 0. The SMILES string of the molecule is CCC(C)(Pc1c(C)cccc1CP(C)C)c1ccccc1OCc1ccccc1. The molecule has 3 heteroatoms. The van der Waals surface area contributed by atoms with Gasteiger partial charge in [0.15, 0.2) is 0 Å². The minimum atomic E-state index is 0.0366. The molecule has 3 aromatic carbocycles. The van der Waals surface area contributed by atoms with Gasteiger partial charge in [0.25, 0.3) is 0 Å². The first-order chi connectivity index (χ1) is 14.4. The van der Waals surface area contributed by atoms with Crippen LogP contribution < -0.4 is 10.0 Å². The van der Waals surface area contributed by atoms with E-state index >= 15 is 0 Å². The highest BCUT2D eigenvalue weighted by Gasteiger charge is 2.30. The number of hydrogen-bond donors (Lipinski definition) is 0. The zero-order chi connectivity index (χ0) is 21.6. The topological polar surface area (TPSA) is 9.23 Å². The molecule has 0 aliphatic carbocycles. The summed E-state index contributed by atoms with van der Waals surface area (Å²) < 4.78 is 6.34. The van der Waals surface area contributed by atoms with E-state index in [-0.39, 0.29) is 13.1 Å². The van der Waals surface area contributed by atoms with Gasteiger partial charge in [-0.25, -0.2) is 0 Å². The predicted molar refractivity (Wildman–Crippen MR) is 136 cm³/mol. The van der Waals surface area contributed by atoms with Crippen LogP contribution >= 0.6 is 16.5 Å². The molecule has 0 aliphatic heterocycles. The van der Waals surface area contributed by atoms with E-state index in [1.54, 1.807) is 5.30 Å². The van der Waals surface area contributed by atoms with Crippen LogP contribution in [0.1, 0.15) is 42.5 Å². The molecule has 0 fully saturated rings. The van der Waals surface area contributed by atoms with Crippen molar-refractivity contribution in [1.29, 1.82) is 0 Å². The second-order valence-electron chi connectivity index (χ2n) is 8.43. The zero-order valence-electron chi connectivity index (χ0n) is 18.9. The van der Waals surface area contributed by atoms with Crippen LogP contribution in [0.2, 0.25) is 0 Å². The van der Waals surface area contributed by atoms with E-state index < -0.39 is 0 Å². The van der Waals surface area contributed by atoms with Crippen molar-refractivity contribution < 1.29 is 4.74 Å². The number of benzene rings is 3. The van der Waals surface area contributed by atoms with Crippen LogP contribution in [0.15, 0.2) is 72.8 Å². The van der Waals surface area contributed by atoms with Gasteiger partial charge in [0.2, 0.25) is 0 Å². The van der Waals surface area contributed by atoms with E-state index in [4.69, 9.17) is 4.74 Å². The molecule has 2 atom stereocenters. The molecule has 0 radical (unpaired) electrons. The molecule has 30 heavy (non-hydrogen) atoms. The highest BCUT2D eigenvalue weighted by Crippen LogP contribution is 2.48. The number of ether oxygens (including phenoxy) is 1. The van der Waals surface area contributed by atoms with Crippen LogP contribution in [0.4, 0.5) is 0 Å². The molecular formula is C27H34OP2. The summed E-state index contributed by atoms with van der Waals surface area (Å²) in [6.07, 6.45) is 2.28. The lowest BCUT2D eigenvalue weighted by Crippen LogP contribution is -2.22. The Morgan fingerprint density at radius 2 is 1.60 bits per heavy atom. The van der Waals surface area contributed by atoms with Gasteiger partial charge >= 0.3 is 0 Å². The maximum Gasteiger partial charge on any atom is 0.123 e. The minimum Gasteiger partial charge on any atom is -0.489 e. The van der Waals surface area contributed by atoms with Gasteiger partial charge in [0, 0.05) is 10.7 Å². The Bertz CT molecular complexity index is 952. The smallest absolute Gasteiger partial charge is 0.123 e. The first-order valence-corrected chi connectivity index (χ1v) is 14.1. The number of para-hydroxylation sites is 1. The molecule has 0 aliphatic rings. The number of hydrogen-bond acceptors (Lipinski definition) is 1.